The molecule has 2 fully saturated rings. The Balaban J connectivity index is 0.00000169. The molecular weight excluding hydrogens is 380 g/mol. The Kier molecular flexibility index (Phi) is 9.10. The first-order chi connectivity index (χ1) is 11.5. The number of benzene rings is 1. The fourth-order valence-electron chi connectivity index (χ4n) is 3.61. The average molecular weight is 408 g/mol. The van der Waals surface area contributed by atoms with E-state index in [1.54, 1.807) is 6.07 Å². The normalized spacial score (nSPS) is 25.7. The first-order valence-corrected chi connectivity index (χ1v) is 8.71. The number of carbonyl (C=O) groups is 1. The second-order valence-electron chi connectivity index (χ2n) is 6.73. The number of halogens is 3. The molecule has 26 heavy (non-hydrogen) atoms. The van der Waals surface area contributed by atoms with Gasteiger partial charge in [-0.15, -0.1) is 24.8 Å². The molecule has 0 aliphatic carbocycles. The van der Waals surface area contributed by atoms with Crippen molar-refractivity contribution < 1.29 is 13.9 Å². The quantitative estimate of drug-likeness (QED) is 0.807. The topological polar surface area (TPSA) is 53.6 Å². The van der Waals surface area contributed by atoms with Crippen molar-refractivity contribution in [2.45, 2.75) is 44.9 Å². The summed E-state index contributed by atoms with van der Waals surface area (Å²) >= 11 is 0. The first-order valence-electron chi connectivity index (χ1n) is 8.71. The van der Waals surface area contributed by atoms with E-state index in [-0.39, 0.29) is 54.7 Å². The Bertz CT molecular complexity index is 606. The van der Waals surface area contributed by atoms with Crippen molar-refractivity contribution in [2.24, 2.45) is 0 Å². The van der Waals surface area contributed by atoms with Crippen LogP contribution in [-0.4, -0.2) is 50.3 Å². The van der Waals surface area contributed by atoms with Crippen LogP contribution in [-0.2, 0) is 9.53 Å². The Hall–Kier alpha value is -1.08. The van der Waals surface area contributed by atoms with Crippen LogP contribution in [0.25, 0.3) is 0 Å². The molecule has 2 aliphatic rings. The highest BCUT2D eigenvalue weighted by Crippen LogP contribution is 2.24. The summed E-state index contributed by atoms with van der Waals surface area (Å²) in [4.78, 5) is 14.7. The van der Waals surface area contributed by atoms with Gasteiger partial charge in [-0.1, -0.05) is 0 Å². The van der Waals surface area contributed by atoms with Gasteiger partial charge in [0.25, 0.3) is 0 Å². The van der Waals surface area contributed by atoms with E-state index < -0.39 is 0 Å². The third-order valence-corrected chi connectivity index (χ3v) is 4.87. The van der Waals surface area contributed by atoms with Crippen LogP contribution in [0.3, 0.4) is 0 Å². The Morgan fingerprint density at radius 1 is 1.38 bits per heavy atom. The van der Waals surface area contributed by atoms with Crippen LogP contribution in [0.15, 0.2) is 18.2 Å². The molecule has 3 atom stereocenters. The van der Waals surface area contributed by atoms with Gasteiger partial charge in [0.05, 0.1) is 12.7 Å². The van der Waals surface area contributed by atoms with Gasteiger partial charge in [-0.3, -0.25) is 4.79 Å². The number of hydrogen-bond acceptors (Lipinski definition) is 4. The van der Waals surface area contributed by atoms with Gasteiger partial charge >= 0.3 is 0 Å². The number of amides is 1. The minimum Gasteiger partial charge on any atom is -0.375 e. The zero-order valence-electron chi connectivity index (χ0n) is 15.2. The number of anilines is 1. The van der Waals surface area contributed by atoms with E-state index in [0.29, 0.717) is 13.2 Å². The number of piperidine rings is 1. The highest BCUT2D eigenvalue weighted by atomic mass is 35.5. The number of carbonyl (C=O) groups excluding carboxylic acids is 1. The Labute approximate surface area is 166 Å². The lowest BCUT2D eigenvalue weighted by Gasteiger charge is -2.37. The van der Waals surface area contributed by atoms with E-state index in [1.807, 2.05) is 19.9 Å². The summed E-state index contributed by atoms with van der Waals surface area (Å²) in [7, 11) is 0. The molecule has 2 heterocycles. The Morgan fingerprint density at radius 2 is 2.15 bits per heavy atom. The molecule has 2 saturated heterocycles. The summed E-state index contributed by atoms with van der Waals surface area (Å²) in [6.07, 6.45) is 1.86. The van der Waals surface area contributed by atoms with Crippen molar-refractivity contribution >= 4 is 36.4 Å². The number of rotatable bonds is 3. The first kappa shape index (κ1) is 23.0. The SMILES string of the molecule is Cc1cc(F)ccc1N1CCCC(NC(=O)[C@H]2NCCO[C@@H]2C)C1.Cl.Cl. The zero-order chi connectivity index (χ0) is 17.1. The van der Waals surface area contributed by atoms with Crippen LogP contribution < -0.4 is 15.5 Å². The van der Waals surface area contributed by atoms with E-state index in [4.69, 9.17) is 4.74 Å². The molecule has 1 aromatic carbocycles. The van der Waals surface area contributed by atoms with Gasteiger partial charge < -0.3 is 20.3 Å². The number of nitrogens with zero attached hydrogens (tertiary/aromatic N) is 1. The lowest BCUT2D eigenvalue weighted by Crippen LogP contribution is -2.59. The molecule has 0 saturated carbocycles. The van der Waals surface area contributed by atoms with Crippen molar-refractivity contribution in [2.75, 3.05) is 31.1 Å². The van der Waals surface area contributed by atoms with E-state index in [0.717, 1.165) is 37.2 Å². The van der Waals surface area contributed by atoms with E-state index in [2.05, 4.69) is 15.5 Å². The largest absolute Gasteiger partial charge is 0.375 e. The standard InChI is InChI=1S/C18H26FN3O2.2ClH/c1-12-10-14(19)5-6-16(12)22-8-3-4-15(11-22)21-18(23)17-13(2)24-9-7-20-17;;/h5-6,10,13,15,17,20H,3-4,7-9,11H2,1-2H3,(H,21,23);2*1H/t13-,15?,17+;;/m1../s1. The second-order valence-corrected chi connectivity index (χ2v) is 6.73. The van der Waals surface area contributed by atoms with Crippen LogP contribution in [0.2, 0.25) is 0 Å². The molecule has 1 unspecified atom stereocenters. The molecule has 2 N–H and O–H groups in total. The zero-order valence-corrected chi connectivity index (χ0v) is 16.8. The van der Waals surface area contributed by atoms with Gasteiger partial charge in [0.1, 0.15) is 11.9 Å². The van der Waals surface area contributed by atoms with Crippen molar-refractivity contribution in [3.63, 3.8) is 0 Å². The molecule has 2 aliphatic heterocycles. The molecule has 0 aromatic heterocycles. The smallest absolute Gasteiger partial charge is 0.240 e. The lowest BCUT2D eigenvalue weighted by molar-refractivity contribution is -0.129. The van der Waals surface area contributed by atoms with Crippen LogP contribution in [0, 0.1) is 12.7 Å². The number of nitrogens with one attached hydrogen (secondary N) is 2. The monoisotopic (exact) mass is 407 g/mol. The van der Waals surface area contributed by atoms with E-state index >= 15 is 0 Å². The highest BCUT2D eigenvalue weighted by molar-refractivity contribution is 5.85. The maximum Gasteiger partial charge on any atom is 0.240 e. The molecule has 0 spiro atoms. The summed E-state index contributed by atoms with van der Waals surface area (Å²) in [5.74, 6) is -0.208. The van der Waals surface area contributed by atoms with E-state index in [1.165, 1.54) is 6.07 Å². The Morgan fingerprint density at radius 3 is 2.85 bits per heavy atom. The summed E-state index contributed by atoms with van der Waals surface area (Å²) in [6.45, 7) is 6.87. The molecule has 1 aromatic rings. The number of morpholine rings is 1. The summed E-state index contributed by atoms with van der Waals surface area (Å²) < 4.78 is 18.9. The predicted octanol–water partition coefficient (Wildman–Crippen LogP) is 2.44. The van der Waals surface area contributed by atoms with Gasteiger partial charge in [-0.05, 0) is 50.5 Å². The average Bonchev–Trinajstić information content (AvgIpc) is 2.55. The van der Waals surface area contributed by atoms with Gasteiger partial charge in [0, 0.05) is 31.4 Å². The van der Waals surface area contributed by atoms with Crippen molar-refractivity contribution in [1.82, 2.24) is 10.6 Å². The lowest BCUT2D eigenvalue weighted by atomic mass is 10.0. The van der Waals surface area contributed by atoms with Gasteiger partial charge in [0.2, 0.25) is 5.91 Å². The van der Waals surface area contributed by atoms with Crippen LogP contribution in [0.1, 0.15) is 25.3 Å². The molecule has 5 nitrogen and oxygen atoms in total. The fraction of sp³-hybridized carbons (Fsp3) is 0.611. The van der Waals surface area contributed by atoms with Gasteiger partial charge in [-0.25, -0.2) is 4.39 Å². The highest BCUT2D eigenvalue weighted by Gasteiger charge is 2.31. The third-order valence-electron chi connectivity index (χ3n) is 4.87. The second kappa shape index (κ2) is 10.3. The number of ether oxygens (including phenoxy) is 1. The van der Waals surface area contributed by atoms with Crippen LogP contribution in [0.5, 0.6) is 0 Å². The summed E-state index contributed by atoms with van der Waals surface area (Å²) in [5.41, 5.74) is 1.97. The predicted molar refractivity (Wildman–Crippen MR) is 106 cm³/mol. The molecule has 1 amide bonds. The maximum atomic E-state index is 13.3. The van der Waals surface area contributed by atoms with Crippen LogP contribution >= 0.6 is 24.8 Å². The molecule has 8 heteroatoms. The molecule has 148 valence electrons. The van der Waals surface area contributed by atoms with Crippen molar-refractivity contribution in [3.8, 4) is 0 Å². The minimum absolute atomic E-state index is 0. The molecule has 3 rings (SSSR count). The maximum absolute atomic E-state index is 13.3. The molecule has 0 radical (unpaired) electrons. The van der Waals surface area contributed by atoms with Crippen molar-refractivity contribution in [1.29, 1.82) is 0 Å². The third kappa shape index (κ3) is 5.46. The molecule has 0 bridgehead atoms. The minimum atomic E-state index is -0.290. The number of aryl methyl sites for hydroxylation is 1. The van der Waals surface area contributed by atoms with Gasteiger partial charge in [0.15, 0.2) is 0 Å². The summed E-state index contributed by atoms with van der Waals surface area (Å²) in [5, 5.41) is 6.38. The fourth-order valence-corrected chi connectivity index (χ4v) is 3.61. The van der Waals surface area contributed by atoms with Crippen LogP contribution in [0.4, 0.5) is 10.1 Å². The number of hydrogen-bond donors (Lipinski definition) is 2. The summed E-state index contributed by atoms with van der Waals surface area (Å²) in [6, 6.07) is 4.69. The van der Waals surface area contributed by atoms with Gasteiger partial charge in [-0.2, -0.15) is 0 Å². The van der Waals surface area contributed by atoms with E-state index in [9.17, 15) is 9.18 Å². The van der Waals surface area contributed by atoms with Crippen molar-refractivity contribution in [3.05, 3.63) is 29.6 Å². The molecular formula is C18H28Cl2FN3O2.